The summed E-state index contributed by atoms with van der Waals surface area (Å²) in [6, 6.07) is 7.77. The molecule has 1 rings (SSSR count). The molecule has 0 radical (unpaired) electrons. The minimum absolute atomic E-state index is 0.248. The van der Waals surface area contributed by atoms with Crippen LogP contribution in [0.4, 0.5) is 0 Å². The minimum atomic E-state index is -0.248. The zero-order chi connectivity index (χ0) is 14.3. The van der Waals surface area contributed by atoms with Gasteiger partial charge in [-0.2, -0.15) is 0 Å². The highest BCUT2D eigenvalue weighted by Gasteiger charge is 2.07. The lowest BCUT2D eigenvalue weighted by Gasteiger charge is -2.15. The van der Waals surface area contributed by atoms with Crippen LogP contribution in [-0.2, 0) is 16.1 Å². The van der Waals surface area contributed by atoms with Gasteiger partial charge in [0.05, 0.1) is 7.11 Å². The van der Waals surface area contributed by atoms with E-state index in [2.05, 4.69) is 4.90 Å². The molecule has 0 aliphatic carbocycles. The van der Waals surface area contributed by atoms with Gasteiger partial charge in [0.15, 0.2) is 0 Å². The topological polar surface area (TPSA) is 29.5 Å². The van der Waals surface area contributed by atoms with Crippen LogP contribution in [0.5, 0.6) is 0 Å². The summed E-state index contributed by atoms with van der Waals surface area (Å²) in [5.74, 6) is -0.248. The summed E-state index contributed by atoms with van der Waals surface area (Å²) in [4.78, 5) is 13.6. The van der Waals surface area contributed by atoms with Crippen LogP contribution >= 0.6 is 11.6 Å². The Bertz CT molecular complexity index is 440. The van der Waals surface area contributed by atoms with Crippen molar-refractivity contribution >= 4 is 17.6 Å². The Hall–Kier alpha value is -1.32. The van der Waals surface area contributed by atoms with E-state index in [9.17, 15) is 4.79 Å². The number of halogens is 1. The van der Waals surface area contributed by atoms with E-state index in [0.717, 1.165) is 11.6 Å². The molecule has 0 amide bonds. The van der Waals surface area contributed by atoms with E-state index in [1.54, 1.807) is 0 Å². The molecule has 0 fully saturated rings. The number of rotatable bonds is 6. The summed E-state index contributed by atoms with van der Waals surface area (Å²) < 4.78 is 4.73. The Morgan fingerprint density at radius 1 is 1.37 bits per heavy atom. The molecule has 0 bridgehead atoms. The van der Waals surface area contributed by atoms with Gasteiger partial charge in [0.1, 0.15) is 0 Å². The van der Waals surface area contributed by atoms with E-state index in [1.165, 1.54) is 12.7 Å². The molecule has 0 aliphatic rings. The highest BCUT2D eigenvalue weighted by atomic mass is 35.5. The van der Waals surface area contributed by atoms with Gasteiger partial charge in [-0.25, -0.2) is 4.79 Å². The molecule has 104 valence electrons. The third kappa shape index (κ3) is 5.45. The highest BCUT2D eigenvalue weighted by molar-refractivity contribution is 6.30. The molecule has 19 heavy (non-hydrogen) atoms. The van der Waals surface area contributed by atoms with Gasteiger partial charge in [0.2, 0.25) is 0 Å². The second kappa shape index (κ2) is 7.97. The molecule has 1 aromatic carbocycles. The second-order valence-corrected chi connectivity index (χ2v) is 4.83. The van der Waals surface area contributed by atoms with Crippen molar-refractivity contribution in [3.63, 3.8) is 0 Å². The zero-order valence-electron chi connectivity index (χ0n) is 11.6. The number of esters is 1. The molecule has 4 heteroatoms. The molecule has 0 saturated carbocycles. The van der Waals surface area contributed by atoms with Crippen LogP contribution in [0.3, 0.4) is 0 Å². The maximum Gasteiger partial charge on any atom is 0.333 e. The smallest absolute Gasteiger partial charge is 0.333 e. The maximum absolute atomic E-state index is 11.4. The molecule has 0 aromatic heterocycles. The average Bonchev–Trinajstić information content (AvgIpc) is 2.41. The van der Waals surface area contributed by atoms with Crippen molar-refractivity contribution in [3.05, 3.63) is 46.5 Å². The van der Waals surface area contributed by atoms with E-state index >= 15 is 0 Å². The summed E-state index contributed by atoms with van der Waals surface area (Å²) in [7, 11) is 3.42. The fourth-order valence-electron chi connectivity index (χ4n) is 1.74. The van der Waals surface area contributed by atoms with Gasteiger partial charge in [0, 0.05) is 23.7 Å². The van der Waals surface area contributed by atoms with Crippen LogP contribution in [0.1, 0.15) is 18.9 Å². The summed E-state index contributed by atoms with van der Waals surface area (Å²) in [6.07, 6.45) is 2.60. The normalized spacial score (nSPS) is 11.7. The number of hydrogen-bond donors (Lipinski definition) is 0. The Labute approximate surface area is 119 Å². The highest BCUT2D eigenvalue weighted by Crippen LogP contribution is 2.11. The van der Waals surface area contributed by atoms with Crippen molar-refractivity contribution < 1.29 is 9.53 Å². The lowest BCUT2D eigenvalue weighted by atomic mass is 10.2. The quantitative estimate of drug-likeness (QED) is 0.592. The van der Waals surface area contributed by atoms with Crippen molar-refractivity contribution in [2.24, 2.45) is 0 Å². The van der Waals surface area contributed by atoms with Crippen molar-refractivity contribution in [1.82, 2.24) is 4.90 Å². The molecule has 0 spiro atoms. The first-order chi connectivity index (χ1) is 9.06. The molecule has 0 N–H and O–H groups in total. The molecule has 0 saturated heterocycles. The van der Waals surface area contributed by atoms with Gasteiger partial charge in [-0.1, -0.05) is 36.7 Å². The third-order valence-corrected chi connectivity index (χ3v) is 3.10. The summed E-state index contributed by atoms with van der Waals surface area (Å²) in [5, 5.41) is 0.741. The molecule has 0 heterocycles. The Morgan fingerprint density at radius 3 is 2.53 bits per heavy atom. The predicted octanol–water partition coefficient (Wildman–Crippen LogP) is 3.28. The second-order valence-electron chi connectivity index (χ2n) is 4.40. The number of nitrogens with zero attached hydrogens (tertiary/aromatic N) is 1. The van der Waals surface area contributed by atoms with Gasteiger partial charge in [-0.15, -0.1) is 0 Å². The summed E-state index contributed by atoms with van der Waals surface area (Å²) in [5.41, 5.74) is 1.90. The van der Waals surface area contributed by atoms with Gasteiger partial charge >= 0.3 is 5.97 Å². The maximum atomic E-state index is 11.4. The van der Waals surface area contributed by atoms with E-state index in [-0.39, 0.29) is 5.97 Å². The molecule has 0 aliphatic heterocycles. The lowest BCUT2D eigenvalue weighted by Crippen LogP contribution is -2.19. The summed E-state index contributed by atoms with van der Waals surface area (Å²) >= 11 is 5.85. The molecule has 1 aromatic rings. The number of hydrogen-bond acceptors (Lipinski definition) is 3. The van der Waals surface area contributed by atoms with Crippen LogP contribution in [0.15, 0.2) is 35.9 Å². The van der Waals surface area contributed by atoms with Crippen molar-refractivity contribution in [2.45, 2.75) is 19.9 Å². The number of likely N-dealkylation sites (N-methyl/N-ethyl adjacent to an activating group) is 1. The molecule has 3 nitrogen and oxygen atoms in total. The zero-order valence-corrected chi connectivity index (χ0v) is 12.4. The fraction of sp³-hybridized carbons (Fsp3) is 0.400. The van der Waals surface area contributed by atoms with Gasteiger partial charge in [-0.05, 0) is 31.2 Å². The monoisotopic (exact) mass is 281 g/mol. The average molecular weight is 282 g/mol. The SMILES string of the molecule is CCC(=CCN(C)Cc1ccc(Cl)cc1)C(=O)OC. The van der Waals surface area contributed by atoms with E-state index in [4.69, 9.17) is 16.3 Å². The van der Waals surface area contributed by atoms with Gasteiger partial charge in [0.25, 0.3) is 0 Å². The number of methoxy groups -OCH3 is 1. The largest absolute Gasteiger partial charge is 0.466 e. The van der Waals surface area contributed by atoms with E-state index < -0.39 is 0 Å². The number of ether oxygens (including phenoxy) is 1. The van der Waals surface area contributed by atoms with Crippen LogP contribution in [0.25, 0.3) is 0 Å². The van der Waals surface area contributed by atoms with Crippen LogP contribution in [0.2, 0.25) is 5.02 Å². The third-order valence-electron chi connectivity index (χ3n) is 2.84. The standard InChI is InChI=1S/C15H20ClNO2/c1-4-13(15(18)19-3)9-10-17(2)11-12-5-7-14(16)8-6-12/h5-9H,4,10-11H2,1-3H3. The van der Waals surface area contributed by atoms with E-state index in [0.29, 0.717) is 18.5 Å². The number of carbonyl (C=O) groups is 1. The van der Waals surface area contributed by atoms with Crippen molar-refractivity contribution in [2.75, 3.05) is 20.7 Å². The number of carbonyl (C=O) groups excluding carboxylic acids is 1. The van der Waals surface area contributed by atoms with E-state index in [1.807, 2.05) is 44.3 Å². The predicted molar refractivity (Wildman–Crippen MR) is 78.2 cm³/mol. The Balaban J connectivity index is 2.55. The van der Waals surface area contributed by atoms with Gasteiger partial charge in [-0.3, -0.25) is 4.90 Å². The van der Waals surface area contributed by atoms with Gasteiger partial charge < -0.3 is 4.74 Å². The van der Waals surface area contributed by atoms with Crippen molar-refractivity contribution in [1.29, 1.82) is 0 Å². The first kappa shape index (κ1) is 15.7. The first-order valence-electron chi connectivity index (χ1n) is 6.27. The number of benzene rings is 1. The van der Waals surface area contributed by atoms with Crippen LogP contribution in [-0.4, -0.2) is 31.6 Å². The first-order valence-corrected chi connectivity index (χ1v) is 6.65. The molecule has 0 atom stereocenters. The lowest BCUT2D eigenvalue weighted by molar-refractivity contribution is -0.136. The Kier molecular flexibility index (Phi) is 6.60. The minimum Gasteiger partial charge on any atom is -0.466 e. The summed E-state index contributed by atoms with van der Waals surface area (Å²) in [6.45, 7) is 3.47. The fourth-order valence-corrected chi connectivity index (χ4v) is 1.86. The van der Waals surface area contributed by atoms with Crippen molar-refractivity contribution in [3.8, 4) is 0 Å². The van der Waals surface area contributed by atoms with Crippen LogP contribution in [0, 0.1) is 0 Å². The van der Waals surface area contributed by atoms with Crippen LogP contribution < -0.4 is 0 Å². The Morgan fingerprint density at radius 2 is 2.00 bits per heavy atom. The molecular weight excluding hydrogens is 262 g/mol. The molecule has 0 unspecified atom stereocenters. The molecular formula is C15H20ClNO2.